The van der Waals surface area contributed by atoms with Crippen molar-refractivity contribution in [2.24, 2.45) is 0 Å². The number of aromatic nitrogens is 2. The van der Waals surface area contributed by atoms with Crippen LogP contribution in [0.1, 0.15) is 39.3 Å². The maximum absolute atomic E-state index is 13.4. The number of nitrogens with one attached hydrogen (secondary N) is 1. The van der Waals surface area contributed by atoms with E-state index in [-0.39, 0.29) is 23.5 Å². The number of amides is 2. The number of halogens is 1. The topological polar surface area (TPSA) is 111 Å². The summed E-state index contributed by atoms with van der Waals surface area (Å²) in [5, 5.41) is 5.21. The van der Waals surface area contributed by atoms with Gasteiger partial charge in [-0.3, -0.25) is 14.5 Å². The van der Waals surface area contributed by atoms with E-state index >= 15 is 0 Å². The fourth-order valence-electron chi connectivity index (χ4n) is 5.18. The Hall–Kier alpha value is -4.87. The standard InChI is InChI=1S/C32H27FN4O5S/c1-21(35-43(40,41)18-17-36-31(38)27-9-5-6-10-28(27)32(36)39)30(22-7-3-2-4-8-22)42-26-15-16-29-23(19-26)20-34-37(29)25-13-11-24(33)12-14-25/h2-16,19-21,30,35H,17-18H2,1H3. The summed E-state index contributed by atoms with van der Waals surface area (Å²) in [4.78, 5) is 26.3. The maximum Gasteiger partial charge on any atom is 0.261 e. The van der Waals surface area contributed by atoms with Crippen molar-refractivity contribution in [1.82, 2.24) is 19.4 Å². The van der Waals surface area contributed by atoms with Crippen LogP contribution in [0.3, 0.4) is 0 Å². The molecule has 0 saturated heterocycles. The molecule has 0 fully saturated rings. The maximum atomic E-state index is 13.4. The molecule has 11 heteroatoms. The van der Waals surface area contributed by atoms with Crippen LogP contribution in [-0.4, -0.2) is 53.3 Å². The van der Waals surface area contributed by atoms with Gasteiger partial charge >= 0.3 is 0 Å². The van der Waals surface area contributed by atoms with E-state index in [4.69, 9.17) is 4.74 Å². The van der Waals surface area contributed by atoms with E-state index in [9.17, 15) is 22.4 Å². The number of rotatable bonds is 10. The van der Waals surface area contributed by atoms with Crippen LogP contribution in [0.5, 0.6) is 5.75 Å². The van der Waals surface area contributed by atoms with Crippen molar-refractivity contribution in [3.63, 3.8) is 0 Å². The lowest BCUT2D eigenvalue weighted by atomic mass is 10.0. The highest BCUT2D eigenvalue weighted by Gasteiger charge is 2.36. The van der Waals surface area contributed by atoms with E-state index in [0.29, 0.717) is 11.4 Å². The normalized spacial score (nSPS) is 14.6. The van der Waals surface area contributed by atoms with E-state index in [2.05, 4.69) is 9.82 Å². The van der Waals surface area contributed by atoms with E-state index in [1.54, 1.807) is 60.3 Å². The molecule has 2 unspecified atom stereocenters. The average molecular weight is 599 g/mol. The summed E-state index contributed by atoms with van der Waals surface area (Å²) >= 11 is 0. The Labute approximate surface area is 247 Å². The molecular weight excluding hydrogens is 571 g/mol. The van der Waals surface area contributed by atoms with Crippen LogP contribution in [0.2, 0.25) is 0 Å². The average Bonchev–Trinajstić information content (AvgIpc) is 3.53. The van der Waals surface area contributed by atoms with Crippen molar-refractivity contribution in [3.05, 3.63) is 126 Å². The Morgan fingerprint density at radius 2 is 1.53 bits per heavy atom. The number of ether oxygens (including phenoxy) is 1. The number of fused-ring (bicyclic) bond motifs is 2. The van der Waals surface area contributed by atoms with Gasteiger partial charge in [-0.1, -0.05) is 42.5 Å². The minimum atomic E-state index is -3.93. The summed E-state index contributed by atoms with van der Waals surface area (Å²) in [5.41, 5.74) is 2.78. The summed E-state index contributed by atoms with van der Waals surface area (Å²) in [6.45, 7) is 1.42. The van der Waals surface area contributed by atoms with E-state index < -0.39 is 39.7 Å². The van der Waals surface area contributed by atoms with Crippen LogP contribution in [-0.2, 0) is 10.0 Å². The predicted octanol–water partition coefficient (Wildman–Crippen LogP) is 4.89. The first-order chi connectivity index (χ1) is 20.7. The predicted molar refractivity (Wildman–Crippen MR) is 159 cm³/mol. The molecule has 218 valence electrons. The van der Waals surface area contributed by atoms with Crippen LogP contribution in [0.25, 0.3) is 16.6 Å². The van der Waals surface area contributed by atoms with Crippen molar-refractivity contribution in [2.45, 2.75) is 19.1 Å². The number of sulfonamides is 1. The summed E-state index contributed by atoms with van der Waals surface area (Å²) in [6.07, 6.45) is 0.967. The van der Waals surface area contributed by atoms with Gasteiger partial charge in [-0.05, 0) is 67.1 Å². The smallest absolute Gasteiger partial charge is 0.261 e. The van der Waals surface area contributed by atoms with E-state index in [0.717, 1.165) is 21.4 Å². The lowest BCUT2D eigenvalue weighted by Crippen LogP contribution is -2.43. The molecule has 0 spiro atoms. The number of imide groups is 1. The van der Waals surface area contributed by atoms with Gasteiger partial charge in [0.25, 0.3) is 11.8 Å². The molecule has 1 N–H and O–H groups in total. The van der Waals surface area contributed by atoms with Crippen molar-refractivity contribution in [1.29, 1.82) is 0 Å². The molecule has 0 bridgehead atoms. The monoisotopic (exact) mass is 598 g/mol. The van der Waals surface area contributed by atoms with Crippen molar-refractivity contribution >= 4 is 32.7 Å². The molecule has 0 aliphatic carbocycles. The second-order valence-electron chi connectivity index (χ2n) is 10.2. The fraction of sp³-hybridized carbons (Fsp3) is 0.156. The molecule has 2 heterocycles. The first-order valence-electron chi connectivity index (χ1n) is 13.6. The third-order valence-electron chi connectivity index (χ3n) is 7.28. The fourth-order valence-corrected chi connectivity index (χ4v) is 6.41. The van der Waals surface area contributed by atoms with Gasteiger partial charge < -0.3 is 4.74 Å². The van der Waals surface area contributed by atoms with Crippen LogP contribution in [0.4, 0.5) is 4.39 Å². The highest BCUT2D eigenvalue weighted by Crippen LogP contribution is 2.29. The largest absolute Gasteiger partial charge is 0.484 e. The van der Waals surface area contributed by atoms with Crippen LogP contribution >= 0.6 is 0 Å². The summed E-state index contributed by atoms with van der Waals surface area (Å²) < 4.78 is 50.4. The lowest BCUT2D eigenvalue weighted by Gasteiger charge is -2.27. The second kappa shape index (κ2) is 11.4. The Kier molecular flexibility index (Phi) is 7.51. The van der Waals surface area contributed by atoms with Gasteiger partial charge in [0.2, 0.25) is 10.0 Å². The minimum absolute atomic E-state index is 0.268. The second-order valence-corrected chi connectivity index (χ2v) is 12.1. The zero-order valence-electron chi connectivity index (χ0n) is 23.1. The molecule has 2 atom stereocenters. The molecule has 1 aliphatic heterocycles. The molecule has 9 nitrogen and oxygen atoms in total. The minimum Gasteiger partial charge on any atom is -0.484 e. The molecule has 6 rings (SSSR count). The molecule has 43 heavy (non-hydrogen) atoms. The highest BCUT2D eigenvalue weighted by atomic mass is 32.2. The van der Waals surface area contributed by atoms with Gasteiger partial charge in [-0.2, -0.15) is 5.10 Å². The number of benzene rings is 4. The van der Waals surface area contributed by atoms with E-state index in [1.807, 2.05) is 42.5 Å². The molecule has 5 aromatic rings. The number of nitrogens with zero attached hydrogens (tertiary/aromatic N) is 3. The van der Waals surface area contributed by atoms with E-state index in [1.165, 1.54) is 12.1 Å². The summed E-state index contributed by atoms with van der Waals surface area (Å²) in [7, 11) is -3.93. The van der Waals surface area contributed by atoms with Gasteiger partial charge in [-0.15, -0.1) is 0 Å². The Bertz CT molecular complexity index is 1890. The zero-order valence-corrected chi connectivity index (χ0v) is 23.9. The zero-order chi connectivity index (χ0) is 30.1. The molecule has 0 saturated carbocycles. The molecule has 1 aliphatic rings. The van der Waals surface area contributed by atoms with Gasteiger partial charge in [0.1, 0.15) is 17.7 Å². The number of carbonyl (C=O) groups excluding carboxylic acids is 2. The third-order valence-corrected chi connectivity index (χ3v) is 8.73. The first kappa shape index (κ1) is 28.3. The molecule has 2 amide bonds. The van der Waals surface area contributed by atoms with Gasteiger partial charge in [-0.25, -0.2) is 22.2 Å². The highest BCUT2D eigenvalue weighted by molar-refractivity contribution is 7.89. The molecule has 4 aromatic carbocycles. The Morgan fingerprint density at radius 3 is 2.21 bits per heavy atom. The Morgan fingerprint density at radius 1 is 0.884 bits per heavy atom. The van der Waals surface area contributed by atoms with Gasteiger partial charge in [0.05, 0.1) is 40.3 Å². The number of hydrogen-bond donors (Lipinski definition) is 1. The summed E-state index contributed by atoms with van der Waals surface area (Å²) in [6, 6.07) is 26.4. The molecular formula is C32H27FN4O5S. The SMILES string of the molecule is CC(NS(=O)(=O)CCN1C(=O)c2ccccc2C1=O)C(Oc1ccc2c(cnn2-c2ccc(F)cc2)c1)c1ccccc1. The Balaban J connectivity index is 1.19. The first-order valence-corrected chi connectivity index (χ1v) is 15.3. The van der Waals surface area contributed by atoms with Crippen molar-refractivity contribution < 1.29 is 27.1 Å². The van der Waals surface area contributed by atoms with Crippen LogP contribution in [0, 0.1) is 5.82 Å². The quantitative estimate of drug-likeness (QED) is 0.229. The van der Waals surface area contributed by atoms with Crippen molar-refractivity contribution in [3.8, 4) is 11.4 Å². The number of carbonyl (C=O) groups is 2. The summed E-state index contributed by atoms with van der Waals surface area (Å²) in [5.74, 6) is -1.31. The molecule has 0 radical (unpaired) electrons. The number of hydrogen-bond acceptors (Lipinski definition) is 6. The van der Waals surface area contributed by atoms with Crippen LogP contribution < -0.4 is 9.46 Å². The van der Waals surface area contributed by atoms with Crippen LogP contribution in [0.15, 0.2) is 103 Å². The van der Waals surface area contributed by atoms with Crippen molar-refractivity contribution in [2.75, 3.05) is 12.3 Å². The lowest BCUT2D eigenvalue weighted by molar-refractivity contribution is 0.0664. The molecule has 1 aromatic heterocycles. The third kappa shape index (κ3) is 5.77. The van der Waals surface area contributed by atoms with Gasteiger partial charge in [0.15, 0.2) is 0 Å². The van der Waals surface area contributed by atoms with Gasteiger partial charge in [0, 0.05) is 11.9 Å².